The van der Waals surface area contributed by atoms with Gasteiger partial charge >= 0.3 is 0 Å². The number of hydrogen-bond donors (Lipinski definition) is 1. The van der Waals surface area contributed by atoms with Crippen LogP contribution in [0.25, 0.3) is 0 Å². The lowest BCUT2D eigenvalue weighted by Crippen LogP contribution is -2.38. The summed E-state index contributed by atoms with van der Waals surface area (Å²) in [7, 11) is 0. The van der Waals surface area contributed by atoms with Crippen molar-refractivity contribution in [3.8, 4) is 12.3 Å². The van der Waals surface area contributed by atoms with Gasteiger partial charge in [-0.25, -0.2) is 0 Å². The molecule has 1 aromatic carbocycles. The van der Waals surface area contributed by atoms with Crippen molar-refractivity contribution in [1.29, 1.82) is 0 Å². The molecule has 1 heterocycles. The monoisotopic (exact) mass is 327 g/mol. The Morgan fingerprint density at radius 3 is 2.46 bits per heavy atom. The minimum absolute atomic E-state index is 0.0847. The van der Waals surface area contributed by atoms with E-state index in [-0.39, 0.29) is 11.8 Å². The highest BCUT2D eigenvalue weighted by Crippen LogP contribution is 2.22. The van der Waals surface area contributed by atoms with Crippen LogP contribution in [0.2, 0.25) is 0 Å². The summed E-state index contributed by atoms with van der Waals surface area (Å²) in [6.45, 7) is 9.99. The van der Waals surface area contributed by atoms with Crippen LogP contribution in [0.15, 0.2) is 24.3 Å². The van der Waals surface area contributed by atoms with Crippen molar-refractivity contribution >= 4 is 17.3 Å². The first kappa shape index (κ1) is 18.4. The summed E-state index contributed by atoms with van der Waals surface area (Å²) in [5.41, 5.74) is 2.06. The number of piperidine rings is 1. The van der Waals surface area contributed by atoms with Gasteiger partial charge in [-0.15, -0.1) is 6.42 Å². The molecular weight excluding hydrogens is 298 g/mol. The number of anilines is 2. The zero-order chi connectivity index (χ0) is 17.5. The number of carbonyl (C=O) groups is 1. The maximum atomic E-state index is 12.4. The molecule has 1 aliphatic heterocycles. The number of carbonyl (C=O) groups excluding carboxylic acids is 1. The van der Waals surface area contributed by atoms with Gasteiger partial charge in [-0.2, -0.15) is 0 Å². The van der Waals surface area contributed by atoms with Gasteiger partial charge in [0.2, 0.25) is 5.91 Å². The SMILES string of the molecule is C#CCN1CCC(C(=O)Nc2ccc(N(CC)C(C)C)cc2)CC1. The Morgan fingerprint density at radius 1 is 1.33 bits per heavy atom. The predicted octanol–water partition coefficient (Wildman–Crippen LogP) is 3.21. The molecule has 1 fully saturated rings. The fourth-order valence-corrected chi connectivity index (χ4v) is 3.31. The molecule has 0 unspecified atom stereocenters. The van der Waals surface area contributed by atoms with Crippen molar-refractivity contribution in [2.24, 2.45) is 5.92 Å². The first-order valence-electron chi connectivity index (χ1n) is 8.88. The maximum absolute atomic E-state index is 12.4. The molecule has 4 heteroatoms. The molecule has 1 saturated heterocycles. The van der Waals surface area contributed by atoms with Gasteiger partial charge in [-0.05, 0) is 71.0 Å². The second kappa shape index (κ2) is 8.75. The Morgan fingerprint density at radius 2 is 1.96 bits per heavy atom. The van der Waals surface area contributed by atoms with Crippen LogP contribution in [0, 0.1) is 18.3 Å². The molecule has 1 N–H and O–H groups in total. The molecule has 0 aromatic heterocycles. The standard InChI is InChI=1S/C20H29N3O/c1-5-13-22-14-11-17(12-15-22)20(24)21-18-7-9-19(10-8-18)23(6-2)16(3)4/h1,7-10,16-17H,6,11-15H2,2-4H3,(H,21,24). The van der Waals surface area contributed by atoms with Crippen molar-refractivity contribution in [3.05, 3.63) is 24.3 Å². The zero-order valence-corrected chi connectivity index (χ0v) is 15.1. The largest absolute Gasteiger partial charge is 0.369 e. The third-order valence-electron chi connectivity index (χ3n) is 4.70. The molecule has 0 bridgehead atoms. The summed E-state index contributed by atoms with van der Waals surface area (Å²) in [5.74, 6) is 2.88. The minimum Gasteiger partial charge on any atom is -0.369 e. The minimum atomic E-state index is 0.0847. The van der Waals surface area contributed by atoms with Crippen LogP contribution >= 0.6 is 0 Å². The van der Waals surface area contributed by atoms with Gasteiger partial charge in [0.1, 0.15) is 0 Å². The number of nitrogens with zero attached hydrogens (tertiary/aromatic N) is 2. The molecule has 1 aliphatic rings. The van der Waals surface area contributed by atoms with Crippen LogP contribution in [-0.4, -0.2) is 43.0 Å². The summed E-state index contributed by atoms with van der Waals surface area (Å²) < 4.78 is 0. The van der Waals surface area contributed by atoms with Crippen molar-refractivity contribution in [2.45, 2.75) is 39.7 Å². The van der Waals surface area contributed by atoms with Gasteiger partial charge in [-0.1, -0.05) is 5.92 Å². The van der Waals surface area contributed by atoms with E-state index in [9.17, 15) is 4.79 Å². The van der Waals surface area contributed by atoms with Crippen LogP contribution < -0.4 is 10.2 Å². The van der Waals surface area contributed by atoms with E-state index in [1.807, 2.05) is 12.1 Å². The van der Waals surface area contributed by atoms with Crippen molar-refractivity contribution in [2.75, 3.05) is 36.4 Å². The third-order valence-corrected chi connectivity index (χ3v) is 4.70. The molecule has 0 saturated carbocycles. The lowest BCUT2D eigenvalue weighted by atomic mass is 9.96. The average molecular weight is 327 g/mol. The topological polar surface area (TPSA) is 35.6 Å². The van der Waals surface area contributed by atoms with Crippen LogP contribution in [-0.2, 0) is 4.79 Å². The number of rotatable bonds is 6. The van der Waals surface area contributed by atoms with E-state index in [1.54, 1.807) is 0 Å². The van der Waals surface area contributed by atoms with Gasteiger partial charge in [0.25, 0.3) is 0 Å². The third kappa shape index (κ3) is 4.75. The molecule has 24 heavy (non-hydrogen) atoms. The van der Waals surface area contributed by atoms with Gasteiger partial charge in [0.15, 0.2) is 0 Å². The van der Waals surface area contributed by atoms with Crippen LogP contribution in [0.1, 0.15) is 33.6 Å². The highest BCUT2D eigenvalue weighted by atomic mass is 16.1. The van der Waals surface area contributed by atoms with E-state index in [0.29, 0.717) is 12.6 Å². The van der Waals surface area contributed by atoms with Crippen molar-refractivity contribution in [1.82, 2.24) is 4.90 Å². The molecule has 1 aromatic rings. The van der Waals surface area contributed by atoms with E-state index < -0.39 is 0 Å². The normalized spacial score (nSPS) is 16.0. The van der Waals surface area contributed by atoms with Crippen LogP contribution in [0.4, 0.5) is 11.4 Å². The molecule has 130 valence electrons. The highest BCUT2D eigenvalue weighted by molar-refractivity contribution is 5.92. The Kier molecular flexibility index (Phi) is 6.69. The second-order valence-corrected chi connectivity index (χ2v) is 6.67. The fourth-order valence-electron chi connectivity index (χ4n) is 3.31. The molecular formula is C20H29N3O. The predicted molar refractivity (Wildman–Crippen MR) is 101 cm³/mol. The van der Waals surface area contributed by atoms with Crippen molar-refractivity contribution in [3.63, 3.8) is 0 Å². The summed E-state index contributed by atoms with van der Waals surface area (Å²) >= 11 is 0. The Labute approximate surface area is 146 Å². The molecule has 0 spiro atoms. The van der Waals surface area contributed by atoms with E-state index in [2.05, 4.69) is 53.9 Å². The molecule has 0 radical (unpaired) electrons. The number of likely N-dealkylation sites (tertiary alicyclic amines) is 1. The summed E-state index contributed by atoms with van der Waals surface area (Å²) in [6.07, 6.45) is 7.10. The van der Waals surface area contributed by atoms with Gasteiger partial charge < -0.3 is 10.2 Å². The molecule has 4 nitrogen and oxygen atoms in total. The molecule has 1 amide bonds. The molecule has 0 aliphatic carbocycles. The number of amides is 1. The van der Waals surface area contributed by atoms with Crippen molar-refractivity contribution < 1.29 is 4.79 Å². The summed E-state index contributed by atoms with van der Waals surface area (Å²) in [6, 6.07) is 8.60. The van der Waals surface area contributed by atoms with E-state index in [4.69, 9.17) is 6.42 Å². The maximum Gasteiger partial charge on any atom is 0.227 e. The van der Waals surface area contributed by atoms with Gasteiger partial charge in [0.05, 0.1) is 6.54 Å². The fraction of sp³-hybridized carbons (Fsp3) is 0.550. The summed E-state index contributed by atoms with van der Waals surface area (Å²) in [5, 5.41) is 3.06. The smallest absolute Gasteiger partial charge is 0.227 e. The Bertz CT molecular complexity index is 566. The number of nitrogens with one attached hydrogen (secondary N) is 1. The Hall–Kier alpha value is -1.99. The average Bonchev–Trinajstić information content (AvgIpc) is 2.57. The first-order valence-corrected chi connectivity index (χ1v) is 8.88. The second-order valence-electron chi connectivity index (χ2n) is 6.67. The molecule has 0 atom stereocenters. The number of hydrogen-bond acceptors (Lipinski definition) is 3. The van der Waals surface area contributed by atoms with E-state index in [0.717, 1.165) is 38.2 Å². The number of terminal acetylenes is 1. The Balaban J connectivity index is 1.90. The quantitative estimate of drug-likeness (QED) is 0.815. The molecule has 2 rings (SSSR count). The number of benzene rings is 1. The van der Waals surface area contributed by atoms with E-state index in [1.165, 1.54) is 5.69 Å². The first-order chi connectivity index (χ1) is 11.5. The van der Waals surface area contributed by atoms with Crippen LogP contribution in [0.5, 0.6) is 0 Å². The lowest BCUT2D eigenvalue weighted by Gasteiger charge is -2.30. The summed E-state index contributed by atoms with van der Waals surface area (Å²) in [4.78, 5) is 17.0. The van der Waals surface area contributed by atoms with Crippen LogP contribution in [0.3, 0.4) is 0 Å². The zero-order valence-electron chi connectivity index (χ0n) is 15.1. The lowest BCUT2D eigenvalue weighted by molar-refractivity contribution is -0.121. The van der Waals surface area contributed by atoms with E-state index >= 15 is 0 Å². The highest BCUT2D eigenvalue weighted by Gasteiger charge is 2.24. The van der Waals surface area contributed by atoms with Gasteiger partial charge in [0, 0.05) is 29.9 Å². The van der Waals surface area contributed by atoms with Gasteiger partial charge in [-0.3, -0.25) is 9.69 Å².